The molecule has 1 rings (SSSR count). The van der Waals surface area contributed by atoms with Crippen molar-refractivity contribution in [3.63, 3.8) is 0 Å². The first-order chi connectivity index (χ1) is 7.20. The lowest BCUT2D eigenvalue weighted by Gasteiger charge is -2.16. The molecule has 82 valence electrons. The summed E-state index contributed by atoms with van der Waals surface area (Å²) in [5.41, 5.74) is 0.887. The zero-order valence-corrected chi connectivity index (χ0v) is 10.4. The van der Waals surface area contributed by atoms with E-state index >= 15 is 0 Å². The number of carbonyl (C=O) groups excluding carboxylic acids is 1. The lowest BCUT2D eigenvalue weighted by Crippen LogP contribution is -2.27. The molecule has 0 spiro atoms. The number of nitrogens with one attached hydrogen (secondary N) is 1. The molecule has 0 bridgehead atoms. The highest BCUT2D eigenvalue weighted by molar-refractivity contribution is 9.10. The normalized spacial score (nSPS) is 12.2. The molecule has 0 saturated heterocycles. The molecule has 0 radical (unpaired) electrons. The molecule has 0 aliphatic heterocycles. The number of halogens is 1. The van der Waals surface area contributed by atoms with E-state index in [4.69, 9.17) is 4.74 Å². The molecule has 0 amide bonds. The minimum absolute atomic E-state index is 0.257. The van der Waals surface area contributed by atoms with Gasteiger partial charge in [-0.2, -0.15) is 0 Å². The molecule has 1 aromatic carbocycles. The molecular weight excluding hydrogens is 258 g/mol. The molecule has 0 heterocycles. The Bertz CT molecular complexity index is 341. The summed E-state index contributed by atoms with van der Waals surface area (Å²) in [6.45, 7) is 2.19. The topological polar surface area (TPSA) is 38.3 Å². The van der Waals surface area contributed by atoms with E-state index in [1.807, 2.05) is 24.3 Å². The van der Waals surface area contributed by atoms with E-state index in [2.05, 4.69) is 21.2 Å². The van der Waals surface area contributed by atoms with E-state index in [1.54, 1.807) is 14.0 Å². The Labute approximate surface area is 97.9 Å². The Morgan fingerprint density at radius 2 is 2.20 bits per heavy atom. The van der Waals surface area contributed by atoms with Crippen LogP contribution in [0.25, 0.3) is 0 Å². The second kappa shape index (κ2) is 5.88. The van der Waals surface area contributed by atoms with Gasteiger partial charge in [0, 0.05) is 4.47 Å². The molecule has 0 aromatic heterocycles. The van der Waals surface area contributed by atoms with Crippen LogP contribution in [-0.2, 0) is 9.53 Å². The van der Waals surface area contributed by atoms with Crippen LogP contribution in [0.4, 0.5) is 0 Å². The molecule has 1 atom stereocenters. The number of ether oxygens (including phenoxy) is 1. The summed E-state index contributed by atoms with van der Waals surface area (Å²) < 4.78 is 5.88. The van der Waals surface area contributed by atoms with Crippen molar-refractivity contribution < 1.29 is 9.53 Å². The standard InChI is InChI=1S/C11H14BrNO2/c1-3-15-11(14)10(13-2)8-6-4-5-7-9(8)12/h4-7,10,13H,3H2,1-2H3. The van der Waals surface area contributed by atoms with E-state index in [1.165, 1.54) is 0 Å². The SMILES string of the molecule is CCOC(=O)C(NC)c1ccccc1Br. The van der Waals surface area contributed by atoms with Crippen LogP contribution < -0.4 is 5.32 Å². The maximum absolute atomic E-state index is 11.6. The second-order valence-corrected chi connectivity index (χ2v) is 3.85. The fourth-order valence-corrected chi connectivity index (χ4v) is 1.85. The predicted molar refractivity (Wildman–Crippen MR) is 62.6 cm³/mol. The number of hydrogen-bond donors (Lipinski definition) is 1. The van der Waals surface area contributed by atoms with Gasteiger partial charge in [0.1, 0.15) is 6.04 Å². The van der Waals surface area contributed by atoms with Crippen molar-refractivity contribution >= 4 is 21.9 Å². The van der Waals surface area contributed by atoms with Crippen LogP contribution in [-0.4, -0.2) is 19.6 Å². The van der Waals surface area contributed by atoms with Crippen LogP contribution in [0, 0.1) is 0 Å². The van der Waals surface area contributed by atoms with Gasteiger partial charge in [0.25, 0.3) is 0 Å². The van der Waals surface area contributed by atoms with Gasteiger partial charge >= 0.3 is 5.97 Å². The largest absolute Gasteiger partial charge is 0.465 e. The van der Waals surface area contributed by atoms with Crippen molar-refractivity contribution in [2.45, 2.75) is 13.0 Å². The van der Waals surface area contributed by atoms with Crippen LogP contribution in [0.3, 0.4) is 0 Å². The van der Waals surface area contributed by atoms with Gasteiger partial charge in [0.05, 0.1) is 6.61 Å². The highest BCUT2D eigenvalue weighted by Crippen LogP contribution is 2.23. The molecule has 15 heavy (non-hydrogen) atoms. The molecular formula is C11H14BrNO2. The summed E-state index contributed by atoms with van der Waals surface area (Å²) in [6.07, 6.45) is 0. The third-order valence-corrected chi connectivity index (χ3v) is 2.75. The number of esters is 1. The molecule has 0 fully saturated rings. The first-order valence-corrected chi connectivity index (χ1v) is 5.58. The maximum Gasteiger partial charge on any atom is 0.327 e. The van der Waals surface area contributed by atoms with E-state index < -0.39 is 6.04 Å². The monoisotopic (exact) mass is 271 g/mol. The number of likely N-dealkylation sites (N-methyl/N-ethyl adjacent to an activating group) is 1. The van der Waals surface area contributed by atoms with E-state index in [0.717, 1.165) is 10.0 Å². The number of benzene rings is 1. The molecule has 3 nitrogen and oxygen atoms in total. The summed E-state index contributed by atoms with van der Waals surface area (Å²) >= 11 is 3.41. The van der Waals surface area contributed by atoms with Gasteiger partial charge in [0.2, 0.25) is 0 Å². The van der Waals surface area contributed by atoms with Gasteiger partial charge in [-0.05, 0) is 25.6 Å². The highest BCUT2D eigenvalue weighted by Gasteiger charge is 2.21. The summed E-state index contributed by atoms with van der Waals surface area (Å²) in [6, 6.07) is 7.18. The second-order valence-electron chi connectivity index (χ2n) is 3.00. The lowest BCUT2D eigenvalue weighted by molar-refractivity contribution is -0.145. The Morgan fingerprint density at radius 1 is 1.53 bits per heavy atom. The molecule has 0 saturated carbocycles. The van der Waals surface area contributed by atoms with Gasteiger partial charge in [0.15, 0.2) is 0 Å². The van der Waals surface area contributed by atoms with Crippen molar-refractivity contribution in [2.24, 2.45) is 0 Å². The van der Waals surface area contributed by atoms with Crippen molar-refractivity contribution in [1.29, 1.82) is 0 Å². The van der Waals surface area contributed by atoms with E-state index in [9.17, 15) is 4.79 Å². The Hall–Kier alpha value is -0.870. The van der Waals surface area contributed by atoms with Crippen molar-refractivity contribution in [3.05, 3.63) is 34.3 Å². The first-order valence-electron chi connectivity index (χ1n) is 4.79. The molecule has 0 aliphatic carbocycles. The number of rotatable bonds is 4. The third kappa shape index (κ3) is 3.04. The fraction of sp³-hybridized carbons (Fsp3) is 0.364. The van der Waals surface area contributed by atoms with Gasteiger partial charge < -0.3 is 10.1 Å². The molecule has 1 N–H and O–H groups in total. The summed E-state index contributed by atoms with van der Waals surface area (Å²) in [5, 5.41) is 2.94. The maximum atomic E-state index is 11.6. The third-order valence-electron chi connectivity index (χ3n) is 2.03. The Balaban J connectivity index is 2.92. The van der Waals surface area contributed by atoms with Crippen molar-refractivity contribution in [1.82, 2.24) is 5.32 Å². The average Bonchev–Trinajstić information content (AvgIpc) is 2.22. The zero-order valence-electron chi connectivity index (χ0n) is 8.79. The van der Waals surface area contributed by atoms with Crippen LogP contribution >= 0.6 is 15.9 Å². The summed E-state index contributed by atoms with van der Waals surface area (Å²) in [7, 11) is 1.74. The smallest absolute Gasteiger partial charge is 0.327 e. The van der Waals surface area contributed by atoms with Gasteiger partial charge in [-0.1, -0.05) is 34.1 Å². The van der Waals surface area contributed by atoms with E-state index in [0.29, 0.717) is 6.61 Å². The minimum Gasteiger partial charge on any atom is -0.465 e. The zero-order chi connectivity index (χ0) is 11.3. The molecule has 4 heteroatoms. The number of carbonyl (C=O) groups is 1. The Kier molecular flexibility index (Phi) is 4.78. The average molecular weight is 272 g/mol. The van der Waals surface area contributed by atoms with Gasteiger partial charge in [-0.15, -0.1) is 0 Å². The molecule has 1 aromatic rings. The summed E-state index contributed by atoms with van der Waals surface area (Å²) in [5.74, 6) is -0.257. The fourth-order valence-electron chi connectivity index (χ4n) is 1.34. The van der Waals surface area contributed by atoms with Crippen LogP contribution in [0.2, 0.25) is 0 Å². The highest BCUT2D eigenvalue weighted by atomic mass is 79.9. The molecule has 0 aliphatic rings. The van der Waals surface area contributed by atoms with Crippen LogP contribution in [0.1, 0.15) is 18.5 Å². The first kappa shape index (κ1) is 12.2. The Morgan fingerprint density at radius 3 is 2.73 bits per heavy atom. The van der Waals surface area contributed by atoms with Crippen molar-refractivity contribution in [2.75, 3.05) is 13.7 Å². The van der Waals surface area contributed by atoms with Gasteiger partial charge in [-0.3, -0.25) is 0 Å². The lowest BCUT2D eigenvalue weighted by atomic mass is 10.1. The number of hydrogen-bond acceptors (Lipinski definition) is 3. The molecule has 1 unspecified atom stereocenters. The summed E-state index contributed by atoms with van der Waals surface area (Å²) in [4.78, 5) is 11.6. The predicted octanol–water partition coefficient (Wildman–Crippen LogP) is 2.27. The van der Waals surface area contributed by atoms with E-state index in [-0.39, 0.29) is 5.97 Å². The van der Waals surface area contributed by atoms with Crippen molar-refractivity contribution in [3.8, 4) is 0 Å². The van der Waals surface area contributed by atoms with Gasteiger partial charge in [-0.25, -0.2) is 4.79 Å². The minimum atomic E-state index is -0.416. The van der Waals surface area contributed by atoms with Crippen LogP contribution in [0.5, 0.6) is 0 Å². The van der Waals surface area contributed by atoms with Crippen LogP contribution in [0.15, 0.2) is 28.7 Å². The quantitative estimate of drug-likeness (QED) is 0.854.